The molecule has 104 valence electrons. The lowest BCUT2D eigenvalue weighted by Crippen LogP contribution is -2.35. The van der Waals surface area contributed by atoms with Crippen molar-refractivity contribution in [2.75, 3.05) is 0 Å². The summed E-state index contributed by atoms with van der Waals surface area (Å²) in [6.07, 6.45) is 2.64. The van der Waals surface area contributed by atoms with Crippen molar-refractivity contribution in [2.45, 2.75) is 39.2 Å². The second-order valence-corrected chi connectivity index (χ2v) is 5.05. The van der Waals surface area contributed by atoms with Crippen molar-refractivity contribution in [3.63, 3.8) is 0 Å². The summed E-state index contributed by atoms with van der Waals surface area (Å²) in [6.45, 7) is 2.11. The Labute approximate surface area is 111 Å². The predicted octanol–water partition coefficient (Wildman–Crippen LogP) is 1.49. The first-order valence-corrected chi connectivity index (χ1v) is 6.49. The Kier molecular flexibility index (Phi) is 4.19. The Bertz CT molecular complexity index is 469. The molecular weight excluding hydrogens is 248 g/mol. The summed E-state index contributed by atoms with van der Waals surface area (Å²) in [5.41, 5.74) is 0.771. The first kappa shape index (κ1) is 13.6. The number of nitrogens with one attached hydrogen (secondary N) is 1. The number of aliphatic carboxylic acids is 1. The van der Waals surface area contributed by atoms with E-state index in [1.165, 1.54) is 0 Å². The van der Waals surface area contributed by atoms with E-state index >= 15 is 0 Å². The number of aromatic nitrogens is 1. The van der Waals surface area contributed by atoms with Crippen LogP contribution in [-0.4, -0.2) is 22.1 Å². The van der Waals surface area contributed by atoms with Gasteiger partial charge in [0.25, 0.3) is 0 Å². The minimum atomic E-state index is -0.802. The van der Waals surface area contributed by atoms with Crippen LogP contribution in [0.4, 0.5) is 0 Å². The third kappa shape index (κ3) is 3.56. The van der Waals surface area contributed by atoms with Crippen LogP contribution in [0.25, 0.3) is 0 Å². The summed E-state index contributed by atoms with van der Waals surface area (Å²) in [5.74, 6) is -0.893. The zero-order valence-electron chi connectivity index (χ0n) is 10.9. The third-order valence-electron chi connectivity index (χ3n) is 3.51. The molecule has 2 N–H and O–H groups in total. The average molecular weight is 266 g/mol. The first-order chi connectivity index (χ1) is 9.06. The van der Waals surface area contributed by atoms with Gasteiger partial charge in [0.2, 0.25) is 5.91 Å². The molecule has 1 amide bonds. The Balaban J connectivity index is 1.84. The van der Waals surface area contributed by atoms with Gasteiger partial charge in [0.05, 0.1) is 18.2 Å². The van der Waals surface area contributed by atoms with Crippen molar-refractivity contribution in [1.82, 2.24) is 10.5 Å². The number of rotatable bonds is 4. The van der Waals surface area contributed by atoms with Crippen molar-refractivity contribution in [3.05, 3.63) is 17.5 Å². The van der Waals surface area contributed by atoms with Gasteiger partial charge in [-0.25, -0.2) is 0 Å². The van der Waals surface area contributed by atoms with E-state index in [-0.39, 0.29) is 11.8 Å². The van der Waals surface area contributed by atoms with E-state index in [9.17, 15) is 9.59 Å². The van der Waals surface area contributed by atoms with Crippen LogP contribution in [0.3, 0.4) is 0 Å². The van der Waals surface area contributed by atoms with Crippen LogP contribution in [0, 0.1) is 18.8 Å². The molecule has 0 spiro atoms. The molecule has 1 saturated carbocycles. The molecule has 6 heteroatoms. The third-order valence-corrected chi connectivity index (χ3v) is 3.51. The summed E-state index contributed by atoms with van der Waals surface area (Å²) in [4.78, 5) is 22.9. The predicted molar refractivity (Wildman–Crippen MR) is 66.2 cm³/mol. The van der Waals surface area contributed by atoms with Gasteiger partial charge in [0, 0.05) is 12.0 Å². The number of carbonyl (C=O) groups is 2. The van der Waals surface area contributed by atoms with Crippen LogP contribution in [0.15, 0.2) is 10.6 Å². The Morgan fingerprint density at radius 2 is 2.21 bits per heavy atom. The molecule has 0 bridgehead atoms. The molecule has 0 aromatic carbocycles. The highest BCUT2D eigenvalue weighted by Crippen LogP contribution is 2.29. The fraction of sp³-hybridized carbons (Fsp3) is 0.615. The maximum atomic E-state index is 12.0. The minimum absolute atomic E-state index is 0.0972. The first-order valence-electron chi connectivity index (χ1n) is 6.49. The molecule has 1 aliphatic carbocycles. The highest BCUT2D eigenvalue weighted by atomic mass is 16.5. The number of aryl methyl sites for hydroxylation is 1. The van der Waals surface area contributed by atoms with Gasteiger partial charge in [-0.2, -0.15) is 0 Å². The van der Waals surface area contributed by atoms with Crippen LogP contribution < -0.4 is 5.32 Å². The maximum absolute atomic E-state index is 12.0. The van der Waals surface area contributed by atoms with E-state index in [4.69, 9.17) is 9.63 Å². The Morgan fingerprint density at radius 3 is 2.84 bits per heavy atom. The molecule has 0 unspecified atom stereocenters. The van der Waals surface area contributed by atoms with Crippen LogP contribution in [0.5, 0.6) is 0 Å². The minimum Gasteiger partial charge on any atom is -0.481 e. The number of carbonyl (C=O) groups excluding carboxylic acids is 1. The number of amides is 1. The van der Waals surface area contributed by atoms with E-state index < -0.39 is 11.9 Å². The van der Waals surface area contributed by atoms with Gasteiger partial charge in [0.1, 0.15) is 0 Å². The molecule has 1 aliphatic rings. The van der Waals surface area contributed by atoms with Gasteiger partial charge in [-0.3, -0.25) is 9.59 Å². The van der Waals surface area contributed by atoms with Gasteiger partial charge in [0.15, 0.2) is 5.76 Å². The molecule has 0 saturated heterocycles. The Hall–Kier alpha value is -1.85. The molecule has 19 heavy (non-hydrogen) atoms. The molecule has 1 aromatic heterocycles. The summed E-state index contributed by atoms with van der Waals surface area (Å²) < 4.78 is 5.00. The van der Waals surface area contributed by atoms with Crippen molar-refractivity contribution in [1.29, 1.82) is 0 Å². The average Bonchev–Trinajstić information content (AvgIpc) is 2.82. The SMILES string of the molecule is Cc1cc(CNC(=O)[C@@H]2CCC[C@H](C(=O)O)C2)on1. The molecule has 1 aromatic rings. The lowest BCUT2D eigenvalue weighted by atomic mass is 9.81. The molecular formula is C13H18N2O4. The number of carboxylic acid groups (broad SMARTS) is 1. The van der Waals surface area contributed by atoms with Gasteiger partial charge in [-0.1, -0.05) is 11.6 Å². The van der Waals surface area contributed by atoms with Crippen molar-refractivity contribution >= 4 is 11.9 Å². The van der Waals surface area contributed by atoms with Crippen LogP contribution in [0.1, 0.15) is 37.1 Å². The van der Waals surface area contributed by atoms with Gasteiger partial charge < -0.3 is 14.9 Å². The normalized spacial score (nSPS) is 23.0. The summed E-state index contributed by atoms with van der Waals surface area (Å²) >= 11 is 0. The topological polar surface area (TPSA) is 92.4 Å². The highest BCUT2D eigenvalue weighted by molar-refractivity contribution is 5.80. The van der Waals surface area contributed by atoms with Gasteiger partial charge >= 0.3 is 5.97 Å². The molecule has 2 atom stereocenters. The summed E-state index contributed by atoms with van der Waals surface area (Å²) in [6, 6.07) is 1.77. The summed E-state index contributed by atoms with van der Waals surface area (Å²) in [7, 11) is 0. The van der Waals surface area contributed by atoms with Gasteiger partial charge in [-0.15, -0.1) is 0 Å². The van der Waals surface area contributed by atoms with Crippen LogP contribution >= 0.6 is 0 Å². The van der Waals surface area contributed by atoms with E-state index in [1.807, 2.05) is 6.92 Å². The maximum Gasteiger partial charge on any atom is 0.306 e. The fourth-order valence-corrected chi connectivity index (χ4v) is 2.47. The molecule has 0 aliphatic heterocycles. The molecule has 2 rings (SSSR count). The smallest absolute Gasteiger partial charge is 0.306 e. The zero-order valence-corrected chi connectivity index (χ0v) is 10.9. The molecule has 6 nitrogen and oxygen atoms in total. The molecule has 0 radical (unpaired) electrons. The number of hydrogen-bond donors (Lipinski definition) is 2. The van der Waals surface area contributed by atoms with E-state index in [0.29, 0.717) is 25.1 Å². The van der Waals surface area contributed by atoms with Crippen LogP contribution in [-0.2, 0) is 16.1 Å². The second kappa shape index (κ2) is 5.86. The lowest BCUT2D eigenvalue weighted by molar-refractivity contribution is -0.144. The van der Waals surface area contributed by atoms with E-state index in [2.05, 4.69) is 10.5 Å². The largest absolute Gasteiger partial charge is 0.481 e. The quantitative estimate of drug-likeness (QED) is 0.861. The lowest BCUT2D eigenvalue weighted by Gasteiger charge is -2.25. The van der Waals surface area contributed by atoms with E-state index in [1.54, 1.807) is 6.07 Å². The standard InChI is InChI=1S/C13H18N2O4/c1-8-5-11(19-15-8)7-14-12(16)9-3-2-4-10(6-9)13(17)18/h5,9-10H,2-4,6-7H2,1H3,(H,14,16)(H,17,18)/t9-,10+/m1/s1. The highest BCUT2D eigenvalue weighted by Gasteiger charge is 2.30. The summed E-state index contributed by atoms with van der Waals surface area (Å²) in [5, 5.41) is 15.5. The van der Waals surface area contributed by atoms with E-state index in [0.717, 1.165) is 18.5 Å². The Morgan fingerprint density at radius 1 is 1.47 bits per heavy atom. The molecule has 1 heterocycles. The zero-order chi connectivity index (χ0) is 13.8. The second-order valence-electron chi connectivity index (χ2n) is 5.05. The monoisotopic (exact) mass is 266 g/mol. The van der Waals surface area contributed by atoms with Crippen molar-refractivity contribution in [3.8, 4) is 0 Å². The van der Waals surface area contributed by atoms with Crippen LogP contribution in [0.2, 0.25) is 0 Å². The van der Waals surface area contributed by atoms with Gasteiger partial charge in [-0.05, 0) is 26.2 Å². The van der Waals surface area contributed by atoms with Crippen molar-refractivity contribution < 1.29 is 19.2 Å². The fourth-order valence-electron chi connectivity index (χ4n) is 2.47. The van der Waals surface area contributed by atoms with Crippen molar-refractivity contribution in [2.24, 2.45) is 11.8 Å². The number of nitrogens with zero attached hydrogens (tertiary/aromatic N) is 1. The molecule has 1 fully saturated rings. The number of hydrogen-bond acceptors (Lipinski definition) is 4. The number of carboxylic acids is 1.